The molecule has 0 bridgehead atoms. The van der Waals surface area contributed by atoms with E-state index in [1.165, 1.54) is 0 Å². The predicted octanol–water partition coefficient (Wildman–Crippen LogP) is 1.67. The van der Waals surface area contributed by atoms with Crippen LogP contribution in [0, 0.1) is 5.41 Å². The molecule has 1 aliphatic heterocycles. The van der Waals surface area contributed by atoms with Crippen LogP contribution in [0.2, 0.25) is 0 Å². The number of aryl methyl sites for hydroxylation is 1. The molecule has 0 spiro atoms. The van der Waals surface area contributed by atoms with Gasteiger partial charge in [-0.1, -0.05) is 0 Å². The largest absolute Gasteiger partial charge is 0.481 e. The van der Waals surface area contributed by atoms with Gasteiger partial charge in [0.05, 0.1) is 17.3 Å². The van der Waals surface area contributed by atoms with Crippen molar-refractivity contribution in [1.82, 2.24) is 19.7 Å². The molecule has 0 radical (unpaired) electrons. The van der Waals surface area contributed by atoms with E-state index in [-0.39, 0.29) is 0 Å². The number of anilines is 3. The average Bonchev–Trinajstić information content (AvgIpc) is 3.01. The average molecular weight is 330 g/mol. The number of hydrogen-bond acceptors (Lipinski definition) is 6. The number of hydrogen-bond donors (Lipinski definition) is 1. The molecule has 2 aromatic heterocycles. The first-order valence-corrected chi connectivity index (χ1v) is 7.93. The lowest BCUT2D eigenvalue weighted by Crippen LogP contribution is -2.43. The summed E-state index contributed by atoms with van der Waals surface area (Å²) in [5.41, 5.74) is 0.269. The van der Waals surface area contributed by atoms with Gasteiger partial charge in [-0.15, -0.1) is 0 Å². The molecule has 0 saturated carbocycles. The third kappa shape index (κ3) is 3.04. The van der Waals surface area contributed by atoms with E-state index in [0.717, 1.165) is 11.5 Å². The zero-order chi connectivity index (χ0) is 17.3. The van der Waals surface area contributed by atoms with Gasteiger partial charge in [-0.2, -0.15) is 10.1 Å². The summed E-state index contributed by atoms with van der Waals surface area (Å²) in [6.45, 7) is 3.17. The van der Waals surface area contributed by atoms with Crippen molar-refractivity contribution in [3.8, 4) is 0 Å². The van der Waals surface area contributed by atoms with Crippen molar-refractivity contribution in [2.45, 2.75) is 19.8 Å². The van der Waals surface area contributed by atoms with Crippen molar-refractivity contribution in [3.05, 3.63) is 24.7 Å². The topological polar surface area (TPSA) is 87.4 Å². The number of aromatic nitrogens is 4. The van der Waals surface area contributed by atoms with Crippen LogP contribution in [0.5, 0.6) is 0 Å². The molecule has 0 aliphatic carbocycles. The van der Waals surface area contributed by atoms with Crippen LogP contribution in [0.3, 0.4) is 0 Å². The Morgan fingerprint density at radius 3 is 2.67 bits per heavy atom. The second-order valence-corrected chi connectivity index (χ2v) is 6.50. The van der Waals surface area contributed by atoms with Crippen molar-refractivity contribution >= 4 is 23.4 Å². The molecule has 24 heavy (non-hydrogen) atoms. The lowest BCUT2D eigenvalue weighted by Gasteiger charge is -2.37. The summed E-state index contributed by atoms with van der Waals surface area (Å²) < 4.78 is 1.73. The fourth-order valence-corrected chi connectivity index (χ4v) is 2.82. The van der Waals surface area contributed by atoms with Crippen molar-refractivity contribution in [2.24, 2.45) is 12.5 Å². The maximum Gasteiger partial charge on any atom is 0.309 e. The highest BCUT2D eigenvalue weighted by Gasteiger charge is 2.37. The Morgan fingerprint density at radius 1 is 1.38 bits per heavy atom. The number of nitrogens with zero attached hydrogens (tertiary/aromatic N) is 6. The zero-order valence-corrected chi connectivity index (χ0v) is 14.2. The van der Waals surface area contributed by atoms with Gasteiger partial charge in [-0.25, -0.2) is 4.98 Å². The van der Waals surface area contributed by atoms with Gasteiger partial charge in [0.2, 0.25) is 5.95 Å². The SMILES string of the molecule is CN(c1cnn(C)c1)c1nccc(N2CCC(C)(C(=O)O)CC2)n1. The van der Waals surface area contributed by atoms with Crippen LogP contribution >= 0.6 is 0 Å². The Hall–Kier alpha value is -2.64. The fraction of sp³-hybridized carbons (Fsp3) is 0.500. The quantitative estimate of drug-likeness (QED) is 0.912. The highest BCUT2D eigenvalue weighted by molar-refractivity contribution is 5.74. The molecule has 0 aromatic carbocycles. The number of piperidine rings is 1. The van der Waals surface area contributed by atoms with E-state index < -0.39 is 11.4 Å². The van der Waals surface area contributed by atoms with Gasteiger partial charge >= 0.3 is 5.97 Å². The summed E-state index contributed by atoms with van der Waals surface area (Å²) in [5, 5.41) is 13.5. The Bertz CT molecular complexity index is 736. The number of carboxylic acids is 1. The highest BCUT2D eigenvalue weighted by atomic mass is 16.4. The van der Waals surface area contributed by atoms with Gasteiger partial charge in [-0.05, 0) is 25.8 Å². The molecule has 1 saturated heterocycles. The molecule has 3 heterocycles. The molecule has 3 rings (SSSR count). The third-order valence-electron chi connectivity index (χ3n) is 4.71. The first-order valence-electron chi connectivity index (χ1n) is 7.93. The Kier molecular flexibility index (Phi) is 4.13. The van der Waals surface area contributed by atoms with Gasteiger partial charge in [0.25, 0.3) is 0 Å². The standard InChI is InChI=1S/C16H22N6O2/c1-16(14(23)24)5-8-22(9-6-16)13-4-7-17-15(19-13)21(3)12-10-18-20(2)11-12/h4,7,10-11H,5-6,8-9H2,1-3H3,(H,23,24). The third-order valence-corrected chi connectivity index (χ3v) is 4.71. The highest BCUT2D eigenvalue weighted by Crippen LogP contribution is 2.33. The number of carbonyl (C=O) groups is 1. The number of rotatable bonds is 4. The maximum atomic E-state index is 11.4. The fourth-order valence-electron chi connectivity index (χ4n) is 2.82. The number of aliphatic carboxylic acids is 1. The first-order chi connectivity index (χ1) is 11.4. The van der Waals surface area contributed by atoms with Crippen LogP contribution < -0.4 is 9.80 Å². The molecule has 128 valence electrons. The normalized spacial score (nSPS) is 16.9. The minimum atomic E-state index is -0.721. The second-order valence-electron chi connectivity index (χ2n) is 6.50. The summed E-state index contributed by atoms with van der Waals surface area (Å²) in [7, 11) is 3.76. The second kappa shape index (κ2) is 6.10. The van der Waals surface area contributed by atoms with Crippen molar-refractivity contribution in [3.63, 3.8) is 0 Å². The number of carboxylic acid groups (broad SMARTS) is 1. The van der Waals surface area contributed by atoms with Gasteiger partial charge < -0.3 is 14.9 Å². The molecule has 1 N–H and O–H groups in total. The van der Waals surface area contributed by atoms with Gasteiger partial charge in [0, 0.05) is 39.6 Å². The van der Waals surface area contributed by atoms with Crippen LogP contribution in [0.25, 0.3) is 0 Å². The first kappa shape index (κ1) is 16.2. The molecule has 0 unspecified atom stereocenters. The molecule has 1 aliphatic rings. The molecular weight excluding hydrogens is 308 g/mol. The molecule has 8 heteroatoms. The Labute approximate surface area is 140 Å². The molecule has 1 fully saturated rings. The molecule has 8 nitrogen and oxygen atoms in total. The van der Waals surface area contributed by atoms with E-state index >= 15 is 0 Å². The molecular formula is C16H22N6O2. The summed E-state index contributed by atoms with van der Waals surface area (Å²) in [6.07, 6.45) is 6.61. The van der Waals surface area contributed by atoms with E-state index in [1.807, 2.05) is 38.2 Å². The van der Waals surface area contributed by atoms with Crippen LogP contribution in [-0.4, -0.2) is 51.0 Å². The van der Waals surface area contributed by atoms with Gasteiger partial charge in [0.1, 0.15) is 5.82 Å². The maximum absolute atomic E-state index is 11.4. The van der Waals surface area contributed by atoms with Crippen LogP contribution in [0.4, 0.5) is 17.5 Å². The van der Waals surface area contributed by atoms with Crippen molar-refractivity contribution in [1.29, 1.82) is 0 Å². The summed E-state index contributed by atoms with van der Waals surface area (Å²) in [4.78, 5) is 24.3. The zero-order valence-electron chi connectivity index (χ0n) is 14.2. The summed E-state index contributed by atoms with van der Waals surface area (Å²) in [5.74, 6) is 0.692. The minimum Gasteiger partial charge on any atom is -0.481 e. The molecule has 0 atom stereocenters. The summed E-state index contributed by atoms with van der Waals surface area (Å²) in [6, 6.07) is 1.87. The van der Waals surface area contributed by atoms with E-state index in [0.29, 0.717) is 31.9 Å². The monoisotopic (exact) mass is 330 g/mol. The van der Waals surface area contributed by atoms with Gasteiger partial charge in [0.15, 0.2) is 0 Å². The Morgan fingerprint density at radius 2 is 2.08 bits per heavy atom. The van der Waals surface area contributed by atoms with Crippen molar-refractivity contribution in [2.75, 3.05) is 29.9 Å². The van der Waals surface area contributed by atoms with Crippen LogP contribution in [0.15, 0.2) is 24.7 Å². The smallest absolute Gasteiger partial charge is 0.309 e. The molecule has 2 aromatic rings. The van der Waals surface area contributed by atoms with E-state index in [9.17, 15) is 9.90 Å². The van der Waals surface area contributed by atoms with Gasteiger partial charge in [-0.3, -0.25) is 9.48 Å². The summed E-state index contributed by atoms with van der Waals surface area (Å²) >= 11 is 0. The molecule has 0 amide bonds. The predicted molar refractivity (Wildman–Crippen MR) is 90.5 cm³/mol. The van der Waals surface area contributed by atoms with E-state index in [1.54, 1.807) is 17.1 Å². The van der Waals surface area contributed by atoms with Crippen LogP contribution in [-0.2, 0) is 11.8 Å². The van der Waals surface area contributed by atoms with E-state index in [2.05, 4.69) is 20.0 Å². The minimum absolute atomic E-state index is 0.590. The van der Waals surface area contributed by atoms with Crippen molar-refractivity contribution < 1.29 is 9.90 Å². The van der Waals surface area contributed by atoms with E-state index in [4.69, 9.17) is 0 Å². The Balaban J connectivity index is 1.76. The lowest BCUT2D eigenvalue weighted by atomic mass is 9.80. The lowest BCUT2D eigenvalue weighted by molar-refractivity contribution is -0.149. The van der Waals surface area contributed by atoms with Crippen LogP contribution in [0.1, 0.15) is 19.8 Å².